The van der Waals surface area contributed by atoms with Crippen LogP contribution >= 0.6 is 0 Å². The Morgan fingerprint density at radius 3 is 2.33 bits per heavy atom. The molecule has 7 nitrogen and oxygen atoms in total. The van der Waals surface area contributed by atoms with Gasteiger partial charge in [-0.1, -0.05) is 6.07 Å². The molecule has 0 amide bonds. The minimum Gasteiger partial charge on any atom is -0.493 e. The number of hydrogen-bond acceptors (Lipinski definition) is 5. The number of benzene rings is 1. The molecule has 2 rings (SSSR count). The number of ether oxygens (including phenoxy) is 3. The molecule has 0 aliphatic carbocycles. The first-order chi connectivity index (χ1) is 13.2. The van der Waals surface area contributed by atoms with E-state index in [2.05, 4.69) is 26.7 Å². The van der Waals surface area contributed by atoms with E-state index in [9.17, 15) is 0 Å². The molecule has 0 atom stereocenters. The van der Waals surface area contributed by atoms with E-state index >= 15 is 0 Å². The normalized spacial score (nSPS) is 11.0. The van der Waals surface area contributed by atoms with Crippen LogP contribution in [0.5, 0.6) is 17.2 Å². The van der Waals surface area contributed by atoms with Gasteiger partial charge in [0.25, 0.3) is 0 Å². The Bertz CT molecular complexity index is 710. The summed E-state index contributed by atoms with van der Waals surface area (Å²) in [6, 6.07) is 7.82. The van der Waals surface area contributed by atoms with Crippen LogP contribution in [0.1, 0.15) is 18.1 Å². The average Bonchev–Trinajstić information content (AvgIpc) is 2.71. The highest BCUT2D eigenvalue weighted by atomic mass is 16.5. The highest BCUT2D eigenvalue weighted by Crippen LogP contribution is 2.38. The zero-order chi connectivity index (χ0) is 19.5. The fraction of sp³-hybridized carbons (Fsp3) is 0.400. The van der Waals surface area contributed by atoms with E-state index in [1.54, 1.807) is 27.5 Å². The number of guanidine groups is 1. The van der Waals surface area contributed by atoms with Crippen LogP contribution in [0.15, 0.2) is 41.7 Å². The maximum Gasteiger partial charge on any atom is 0.203 e. The van der Waals surface area contributed by atoms with Gasteiger partial charge in [0.15, 0.2) is 17.5 Å². The number of rotatable bonds is 9. The lowest BCUT2D eigenvalue weighted by Gasteiger charge is -2.14. The van der Waals surface area contributed by atoms with Crippen LogP contribution in [0, 0.1) is 0 Å². The lowest BCUT2D eigenvalue weighted by molar-refractivity contribution is 0.324. The predicted octanol–water partition coefficient (Wildman–Crippen LogP) is 2.41. The van der Waals surface area contributed by atoms with Gasteiger partial charge in [-0.3, -0.25) is 4.98 Å². The van der Waals surface area contributed by atoms with Crippen molar-refractivity contribution in [1.29, 1.82) is 0 Å². The molecule has 27 heavy (non-hydrogen) atoms. The van der Waals surface area contributed by atoms with Crippen LogP contribution in [0.25, 0.3) is 0 Å². The number of nitrogens with one attached hydrogen (secondary N) is 2. The van der Waals surface area contributed by atoms with Crippen LogP contribution < -0.4 is 24.8 Å². The van der Waals surface area contributed by atoms with Gasteiger partial charge in [-0.2, -0.15) is 0 Å². The van der Waals surface area contributed by atoms with E-state index in [-0.39, 0.29) is 0 Å². The molecular weight excluding hydrogens is 344 g/mol. The molecule has 146 valence electrons. The van der Waals surface area contributed by atoms with Crippen LogP contribution in [0.4, 0.5) is 0 Å². The maximum absolute atomic E-state index is 5.40. The second-order valence-electron chi connectivity index (χ2n) is 5.77. The molecule has 7 heteroatoms. The Kier molecular flexibility index (Phi) is 8.22. The highest BCUT2D eigenvalue weighted by Gasteiger charge is 2.13. The van der Waals surface area contributed by atoms with E-state index in [0.717, 1.165) is 31.0 Å². The first kappa shape index (κ1) is 20.4. The standard InChI is InChI=1S/C20H28N4O3/c1-5-22-20(23-10-8-15-7-6-9-21-13-15)24-14-16-11-17(25-2)19(27-4)18(12-16)26-3/h6-7,9,11-13H,5,8,10,14H2,1-4H3,(H2,22,23,24). The van der Waals surface area contributed by atoms with Crippen molar-refractivity contribution in [3.05, 3.63) is 47.8 Å². The minimum absolute atomic E-state index is 0.485. The van der Waals surface area contributed by atoms with Crippen LogP contribution in [0.2, 0.25) is 0 Å². The molecule has 0 fully saturated rings. The van der Waals surface area contributed by atoms with Gasteiger partial charge in [0.05, 0.1) is 27.9 Å². The molecule has 2 N–H and O–H groups in total. The van der Waals surface area contributed by atoms with Crippen LogP contribution in [-0.2, 0) is 13.0 Å². The number of nitrogens with zero attached hydrogens (tertiary/aromatic N) is 2. The molecule has 0 aliphatic rings. The fourth-order valence-corrected chi connectivity index (χ4v) is 2.61. The van der Waals surface area contributed by atoms with Gasteiger partial charge < -0.3 is 24.8 Å². The number of aliphatic imine (C=N–C) groups is 1. The molecule has 0 saturated heterocycles. The Labute approximate surface area is 160 Å². The van der Waals surface area contributed by atoms with Gasteiger partial charge in [-0.05, 0) is 42.7 Å². The molecule has 2 aromatic rings. The van der Waals surface area contributed by atoms with Gasteiger partial charge in [-0.15, -0.1) is 0 Å². The quantitative estimate of drug-likeness (QED) is 0.520. The van der Waals surface area contributed by atoms with E-state index in [4.69, 9.17) is 14.2 Å². The van der Waals surface area contributed by atoms with Gasteiger partial charge in [0, 0.05) is 25.5 Å². The molecule has 0 bridgehead atoms. The molecule has 0 radical (unpaired) electrons. The summed E-state index contributed by atoms with van der Waals surface area (Å²) in [5.74, 6) is 2.58. The maximum atomic E-state index is 5.40. The van der Waals surface area contributed by atoms with Crippen molar-refractivity contribution < 1.29 is 14.2 Å². The van der Waals surface area contributed by atoms with Crippen molar-refractivity contribution in [3.8, 4) is 17.2 Å². The highest BCUT2D eigenvalue weighted by molar-refractivity contribution is 5.79. The third-order valence-electron chi connectivity index (χ3n) is 3.92. The Morgan fingerprint density at radius 2 is 1.78 bits per heavy atom. The van der Waals surface area contributed by atoms with Gasteiger partial charge in [0.2, 0.25) is 5.75 Å². The second-order valence-corrected chi connectivity index (χ2v) is 5.77. The summed E-state index contributed by atoms with van der Waals surface area (Å²) in [4.78, 5) is 8.78. The van der Waals surface area contributed by atoms with Crippen molar-refractivity contribution in [1.82, 2.24) is 15.6 Å². The SMILES string of the molecule is CCNC(=NCc1cc(OC)c(OC)c(OC)c1)NCCc1cccnc1. The van der Waals surface area contributed by atoms with Crippen molar-refractivity contribution >= 4 is 5.96 Å². The number of pyridine rings is 1. The van der Waals surface area contributed by atoms with E-state index in [1.165, 1.54) is 5.56 Å². The van der Waals surface area contributed by atoms with E-state index < -0.39 is 0 Å². The lowest BCUT2D eigenvalue weighted by Crippen LogP contribution is -2.38. The van der Waals surface area contributed by atoms with Crippen molar-refractivity contribution in [2.45, 2.75) is 19.9 Å². The van der Waals surface area contributed by atoms with Crippen molar-refractivity contribution in [2.24, 2.45) is 4.99 Å². The summed E-state index contributed by atoms with van der Waals surface area (Å²) in [6.07, 6.45) is 4.53. The first-order valence-electron chi connectivity index (χ1n) is 8.91. The summed E-state index contributed by atoms with van der Waals surface area (Å²) in [5.41, 5.74) is 2.15. The summed E-state index contributed by atoms with van der Waals surface area (Å²) in [5, 5.41) is 6.60. The van der Waals surface area contributed by atoms with Crippen molar-refractivity contribution in [2.75, 3.05) is 34.4 Å². The lowest BCUT2D eigenvalue weighted by atomic mass is 10.2. The number of hydrogen-bond donors (Lipinski definition) is 2. The second kappa shape index (κ2) is 10.9. The largest absolute Gasteiger partial charge is 0.493 e. The Balaban J connectivity index is 2.05. The van der Waals surface area contributed by atoms with E-state index in [1.807, 2.05) is 31.3 Å². The molecular formula is C20H28N4O3. The zero-order valence-corrected chi connectivity index (χ0v) is 16.4. The number of aromatic nitrogens is 1. The van der Waals surface area contributed by atoms with Crippen LogP contribution in [0.3, 0.4) is 0 Å². The Hall–Kier alpha value is -2.96. The van der Waals surface area contributed by atoms with Crippen molar-refractivity contribution in [3.63, 3.8) is 0 Å². The minimum atomic E-state index is 0.485. The molecule has 0 aliphatic heterocycles. The van der Waals surface area contributed by atoms with Crippen LogP contribution in [-0.4, -0.2) is 45.4 Å². The average molecular weight is 372 g/mol. The monoisotopic (exact) mass is 372 g/mol. The summed E-state index contributed by atoms with van der Waals surface area (Å²) >= 11 is 0. The molecule has 0 unspecified atom stereocenters. The third kappa shape index (κ3) is 6.06. The fourth-order valence-electron chi connectivity index (χ4n) is 2.61. The predicted molar refractivity (Wildman–Crippen MR) is 107 cm³/mol. The zero-order valence-electron chi connectivity index (χ0n) is 16.4. The molecule has 0 saturated carbocycles. The number of methoxy groups -OCH3 is 3. The summed E-state index contributed by atoms with van der Waals surface area (Å²) < 4.78 is 16.2. The first-order valence-corrected chi connectivity index (χ1v) is 8.91. The summed E-state index contributed by atoms with van der Waals surface area (Å²) in [7, 11) is 4.80. The van der Waals surface area contributed by atoms with Gasteiger partial charge in [-0.25, -0.2) is 4.99 Å². The topological polar surface area (TPSA) is 77.0 Å². The smallest absolute Gasteiger partial charge is 0.203 e. The van der Waals surface area contributed by atoms with Gasteiger partial charge in [0.1, 0.15) is 0 Å². The molecule has 1 aromatic carbocycles. The molecule has 0 spiro atoms. The molecule has 1 aromatic heterocycles. The molecule has 1 heterocycles. The summed E-state index contributed by atoms with van der Waals surface area (Å²) in [6.45, 7) is 4.08. The van der Waals surface area contributed by atoms with Gasteiger partial charge >= 0.3 is 0 Å². The third-order valence-corrected chi connectivity index (χ3v) is 3.92. The Morgan fingerprint density at radius 1 is 1.04 bits per heavy atom. The van der Waals surface area contributed by atoms with E-state index in [0.29, 0.717) is 23.8 Å².